The Kier molecular flexibility index (Phi) is 5.27. The molecule has 1 aromatic carbocycles. The lowest BCUT2D eigenvalue weighted by Gasteiger charge is -2.17. The van der Waals surface area contributed by atoms with Crippen LogP contribution >= 0.6 is 0 Å². The van der Waals surface area contributed by atoms with Crippen LogP contribution in [-0.4, -0.2) is 29.5 Å². The van der Waals surface area contributed by atoms with Gasteiger partial charge in [-0.2, -0.15) is 0 Å². The first-order chi connectivity index (χ1) is 14.5. The first-order valence-electron chi connectivity index (χ1n) is 9.84. The Morgan fingerprint density at radius 1 is 1.17 bits per heavy atom. The van der Waals surface area contributed by atoms with Crippen LogP contribution in [0.4, 0.5) is 17.2 Å². The van der Waals surface area contributed by atoms with Crippen molar-refractivity contribution in [2.24, 2.45) is 0 Å². The molecule has 0 fully saturated rings. The number of pyridine rings is 2. The number of rotatable bonds is 6. The fourth-order valence-corrected chi connectivity index (χ4v) is 3.56. The van der Waals surface area contributed by atoms with Gasteiger partial charge in [-0.1, -0.05) is 19.9 Å². The summed E-state index contributed by atoms with van der Waals surface area (Å²) in [5.74, 6) is 0.850. The highest BCUT2D eigenvalue weighted by Crippen LogP contribution is 2.37. The number of methoxy groups -OCH3 is 1. The van der Waals surface area contributed by atoms with Crippen LogP contribution in [0.3, 0.4) is 0 Å². The van der Waals surface area contributed by atoms with Gasteiger partial charge < -0.3 is 20.7 Å². The van der Waals surface area contributed by atoms with E-state index in [9.17, 15) is 4.79 Å². The van der Waals surface area contributed by atoms with Crippen LogP contribution in [0.2, 0.25) is 0 Å². The predicted octanol–water partition coefficient (Wildman–Crippen LogP) is 4.05. The van der Waals surface area contributed by atoms with E-state index in [4.69, 9.17) is 4.74 Å². The van der Waals surface area contributed by atoms with E-state index in [1.54, 1.807) is 31.6 Å². The van der Waals surface area contributed by atoms with E-state index < -0.39 is 0 Å². The van der Waals surface area contributed by atoms with Crippen LogP contribution in [0.25, 0.3) is 0 Å². The number of carbonyl (C=O) groups is 1. The second-order valence-electron chi connectivity index (χ2n) is 7.91. The Bertz CT molecular complexity index is 1080. The maximum absolute atomic E-state index is 12.9. The normalized spacial score (nSPS) is 13.8. The van der Waals surface area contributed by atoms with Crippen molar-refractivity contribution in [3.63, 3.8) is 0 Å². The van der Waals surface area contributed by atoms with E-state index >= 15 is 0 Å². The van der Waals surface area contributed by atoms with Gasteiger partial charge in [0.05, 0.1) is 12.7 Å². The number of amides is 1. The zero-order valence-corrected chi connectivity index (χ0v) is 17.3. The molecule has 154 valence electrons. The summed E-state index contributed by atoms with van der Waals surface area (Å²) < 4.78 is 5.16. The van der Waals surface area contributed by atoms with Crippen molar-refractivity contribution in [1.82, 2.24) is 9.97 Å². The Morgan fingerprint density at radius 2 is 2.03 bits per heavy atom. The predicted molar refractivity (Wildman–Crippen MR) is 118 cm³/mol. The summed E-state index contributed by atoms with van der Waals surface area (Å²) in [4.78, 5) is 21.4. The van der Waals surface area contributed by atoms with Crippen LogP contribution in [0.15, 0.2) is 54.9 Å². The van der Waals surface area contributed by atoms with Crippen LogP contribution in [-0.2, 0) is 12.0 Å². The summed E-state index contributed by atoms with van der Waals surface area (Å²) in [5, 5.41) is 9.63. The minimum atomic E-state index is -0.213. The monoisotopic (exact) mass is 403 g/mol. The molecule has 7 nitrogen and oxygen atoms in total. The molecular formula is C23H25N5O2. The third-order valence-electron chi connectivity index (χ3n) is 5.25. The molecule has 3 heterocycles. The molecule has 30 heavy (non-hydrogen) atoms. The molecule has 3 N–H and O–H groups in total. The summed E-state index contributed by atoms with van der Waals surface area (Å²) in [6.45, 7) is 5.79. The maximum Gasteiger partial charge on any atom is 0.259 e. The molecule has 2 aromatic heterocycles. The summed E-state index contributed by atoms with van der Waals surface area (Å²) in [7, 11) is 1.58. The van der Waals surface area contributed by atoms with Gasteiger partial charge in [0.2, 0.25) is 5.88 Å². The summed E-state index contributed by atoms with van der Waals surface area (Å²) >= 11 is 0. The first kappa shape index (κ1) is 19.7. The van der Waals surface area contributed by atoms with E-state index in [0.29, 0.717) is 23.8 Å². The lowest BCUT2D eigenvalue weighted by Crippen LogP contribution is -2.18. The van der Waals surface area contributed by atoms with Gasteiger partial charge in [-0.25, -0.2) is 9.97 Å². The van der Waals surface area contributed by atoms with Crippen molar-refractivity contribution in [2.45, 2.75) is 25.8 Å². The number of hydrogen-bond acceptors (Lipinski definition) is 6. The zero-order valence-electron chi connectivity index (χ0n) is 17.3. The molecule has 0 atom stereocenters. The maximum atomic E-state index is 12.9. The number of fused-ring (bicyclic) bond motifs is 1. The summed E-state index contributed by atoms with van der Waals surface area (Å²) in [6, 6.07) is 13.2. The molecule has 0 unspecified atom stereocenters. The number of anilines is 3. The first-order valence-corrected chi connectivity index (χ1v) is 9.84. The number of benzene rings is 1. The molecule has 1 amide bonds. The molecule has 0 saturated heterocycles. The number of nitrogens with zero attached hydrogens (tertiary/aromatic N) is 2. The highest BCUT2D eigenvalue weighted by Gasteiger charge is 2.29. The Labute approximate surface area is 175 Å². The minimum absolute atomic E-state index is 0.0912. The Hall–Kier alpha value is -3.61. The van der Waals surface area contributed by atoms with Crippen LogP contribution in [0.1, 0.15) is 35.3 Å². The number of carbonyl (C=O) groups excluding carboxylic acids is 1. The molecule has 7 heteroatoms. The zero-order chi connectivity index (χ0) is 21.1. The van der Waals surface area contributed by atoms with Crippen molar-refractivity contribution in [1.29, 1.82) is 0 Å². The van der Waals surface area contributed by atoms with E-state index in [1.807, 2.05) is 24.3 Å². The third kappa shape index (κ3) is 4.05. The number of ether oxygens (including phenoxy) is 1. The fourth-order valence-electron chi connectivity index (χ4n) is 3.56. The van der Waals surface area contributed by atoms with Crippen LogP contribution < -0.4 is 20.7 Å². The molecule has 4 rings (SSSR count). The van der Waals surface area contributed by atoms with Gasteiger partial charge in [-0.3, -0.25) is 4.79 Å². The average Bonchev–Trinajstić information content (AvgIpc) is 3.06. The van der Waals surface area contributed by atoms with Crippen molar-refractivity contribution in [3.05, 3.63) is 71.5 Å². The van der Waals surface area contributed by atoms with Gasteiger partial charge in [0.1, 0.15) is 5.82 Å². The highest BCUT2D eigenvalue weighted by atomic mass is 16.5. The van der Waals surface area contributed by atoms with Crippen molar-refractivity contribution >= 4 is 23.1 Å². The lowest BCUT2D eigenvalue weighted by molar-refractivity contribution is 0.102. The van der Waals surface area contributed by atoms with E-state index in [1.165, 1.54) is 5.56 Å². The molecule has 1 aliphatic rings. The molecule has 0 aliphatic carbocycles. The fraction of sp³-hybridized carbons (Fsp3) is 0.261. The Morgan fingerprint density at radius 3 is 2.87 bits per heavy atom. The minimum Gasteiger partial charge on any atom is -0.481 e. The molecule has 0 saturated carbocycles. The van der Waals surface area contributed by atoms with Gasteiger partial charge in [0.15, 0.2) is 0 Å². The van der Waals surface area contributed by atoms with E-state index in [0.717, 1.165) is 23.5 Å². The second-order valence-corrected chi connectivity index (χ2v) is 7.91. The van der Waals surface area contributed by atoms with Crippen molar-refractivity contribution in [3.8, 4) is 5.88 Å². The van der Waals surface area contributed by atoms with Gasteiger partial charge in [0, 0.05) is 48.3 Å². The average molecular weight is 403 g/mol. The van der Waals surface area contributed by atoms with Gasteiger partial charge in [0.25, 0.3) is 5.91 Å². The van der Waals surface area contributed by atoms with Crippen LogP contribution in [0, 0.1) is 0 Å². The SMILES string of the molecule is COc1cc(CNc2ncccc2C(=O)Nc2ccc3c(c2)NCC3(C)C)ccn1. The third-order valence-corrected chi connectivity index (χ3v) is 5.25. The molecule has 3 aromatic rings. The topological polar surface area (TPSA) is 88.2 Å². The molecule has 0 spiro atoms. The molecule has 1 aliphatic heterocycles. The van der Waals surface area contributed by atoms with Gasteiger partial charge in [-0.05, 0) is 41.5 Å². The van der Waals surface area contributed by atoms with Crippen molar-refractivity contribution < 1.29 is 9.53 Å². The summed E-state index contributed by atoms with van der Waals surface area (Å²) in [6.07, 6.45) is 3.35. The van der Waals surface area contributed by atoms with E-state index in [2.05, 4.69) is 45.8 Å². The number of hydrogen-bond donors (Lipinski definition) is 3. The van der Waals surface area contributed by atoms with Crippen LogP contribution in [0.5, 0.6) is 5.88 Å². The number of nitrogens with one attached hydrogen (secondary N) is 3. The second kappa shape index (κ2) is 8.02. The quantitative estimate of drug-likeness (QED) is 0.575. The Balaban J connectivity index is 1.48. The lowest BCUT2D eigenvalue weighted by atomic mass is 9.87. The standard InChI is InChI=1S/C23H25N5O2/c1-23(2)14-27-19-12-16(6-7-18(19)23)28-22(29)17-5-4-9-25-21(17)26-13-15-8-10-24-20(11-15)30-3/h4-12,27H,13-14H2,1-3H3,(H,25,26)(H,28,29). The highest BCUT2D eigenvalue weighted by molar-refractivity contribution is 6.07. The van der Waals surface area contributed by atoms with Crippen molar-refractivity contribution in [2.75, 3.05) is 29.6 Å². The smallest absolute Gasteiger partial charge is 0.259 e. The largest absolute Gasteiger partial charge is 0.481 e. The summed E-state index contributed by atoms with van der Waals surface area (Å²) in [5.41, 5.74) is 4.62. The van der Waals surface area contributed by atoms with E-state index in [-0.39, 0.29) is 11.3 Å². The molecular weight excluding hydrogens is 378 g/mol. The molecule has 0 bridgehead atoms. The van der Waals surface area contributed by atoms with Gasteiger partial charge >= 0.3 is 0 Å². The molecule has 0 radical (unpaired) electrons. The number of aromatic nitrogens is 2. The van der Waals surface area contributed by atoms with Gasteiger partial charge in [-0.15, -0.1) is 0 Å².